The number of hydrogen-bond donors (Lipinski definition) is 2. The van der Waals surface area contributed by atoms with E-state index in [4.69, 9.17) is 9.72 Å². The molecule has 2 bridgehead atoms. The second-order valence-corrected chi connectivity index (χ2v) is 11.9. The average Bonchev–Trinajstić information content (AvgIpc) is 2.99. The van der Waals surface area contributed by atoms with E-state index >= 15 is 0 Å². The summed E-state index contributed by atoms with van der Waals surface area (Å²) < 4.78 is 5.85. The third-order valence-corrected chi connectivity index (χ3v) is 8.75. The number of allylic oxidation sites excluding steroid dienone is 1. The van der Waals surface area contributed by atoms with E-state index in [1.807, 2.05) is 39.0 Å². The summed E-state index contributed by atoms with van der Waals surface area (Å²) >= 11 is 0. The van der Waals surface area contributed by atoms with Crippen LogP contribution in [0.25, 0.3) is 5.57 Å². The molecule has 0 aliphatic heterocycles. The van der Waals surface area contributed by atoms with Crippen molar-refractivity contribution in [1.82, 2.24) is 14.9 Å². The largest absolute Gasteiger partial charge is 0.494 e. The van der Waals surface area contributed by atoms with E-state index in [0.29, 0.717) is 28.5 Å². The highest BCUT2D eigenvalue weighted by atomic mass is 16.5. The molecule has 6 rings (SSSR count). The predicted molar refractivity (Wildman–Crippen MR) is 183 cm³/mol. The van der Waals surface area contributed by atoms with Crippen LogP contribution in [0.2, 0.25) is 0 Å². The van der Waals surface area contributed by atoms with E-state index in [9.17, 15) is 4.79 Å². The summed E-state index contributed by atoms with van der Waals surface area (Å²) in [7, 11) is 8.04. The van der Waals surface area contributed by atoms with Crippen LogP contribution in [0.1, 0.15) is 63.8 Å². The molecule has 2 N–H and O–H groups in total. The number of methoxy groups -OCH3 is 1. The van der Waals surface area contributed by atoms with Crippen molar-refractivity contribution in [2.24, 2.45) is 5.41 Å². The Morgan fingerprint density at radius 2 is 1.80 bits per heavy atom. The number of aryl methyl sites for hydroxylation is 1. The minimum atomic E-state index is -0.270. The van der Waals surface area contributed by atoms with Crippen molar-refractivity contribution < 1.29 is 9.53 Å². The summed E-state index contributed by atoms with van der Waals surface area (Å²) in [5.74, 6) is 0.805. The zero-order valence-electron chi connectivity index (χ0n) is 27.6. The monoisotopic (exact) mass is 596 g/mol. The van der Waals surface area contributed by atoms with Gasteiger partial charge < -0.3 is 25.2 Å². The lowest BCUT2D eigenvalue weighted by atomic mass is 9.38. The van der Waals surface area contributed by atoms with E-state index in [1.165, 1.54) is 11.6 Å². The normalized spacial score (nSPS) is 20.0. The minimum Gasteiger partial charge on any atom is -0.494 e. The van der Waals surface area contributed by atoms with E-state index in [2.05, 4.69) is 90.4 Å². The number of anilines is 4. The summed E-state index contributed by atoms with van der Waals surface area (Å²) in [5, 5.41) is 6.37. The Labute approximate surface area is 263 Å². The number of nitrogens with one attached hydrogen (secondary N) is 2. The molecule has 0 unspecified atom stereocenters. The van der Waals surface area contributed by atoms with E-state index < -0.39 is 0 Å². The molecule has 1 aromatic heterocycles. The first-order valence-corrected chi connectivity index (χ1v) is 15.6. The highest BCUT2D eigenvalue weighted by Crippen LogP contribution is 2.70. The van der Waals surface area contributed by atoms with Crippen molar-refractivity contribution in [3.05, 3.63) is 84.2 Å². The number of amides is 1. The molecular formula is C36H48N6O2. The smallest absolute Gasteiger partial charge is 0.247 e. The molecule has 0 radical (unpaired) electrons. The predicted octanol–water partition coefficient (Wildman–Crippen LogP) is 7.31. The first-order valence-electron chi connectivity index (χ1n) is 15.6. The zero-order chi connectivity index (χ0) is 32.1. The lowest BCUT2D eigenvalue weighted by molar-refractivity contribution is -0.143. The minimum absolute atomic E-state index is 0.0960. The van der Waals surface area contributed by atoms with Gasteiger partial charge in [-0.25, -0.2) is 9.97 Å². The van der Waals surface area contributed by atoms with Crippen molar-refractivity contribution in [3.8, 4) is 5.75 Å². The summed E-state index contributed by atoms with van der Waals surface area (Å²) in [4.78, 5) is 26.5. The second-order valence-electron chi connectivity index (χ2n) is 11.9. The average molecular weight is 597 g/mol. The Balaban J connectivity index is 0.00000216. The molecule has 234 valence electrons. The SMILES string of the molecule is C=CC(=O)Nc1cc(Nc2nccc(/C(=C/C)c3ccccc3CC)n2)c(OC)cc1N(C)C12CC(CN(C)C)(C1)C2.CC. The van der Waals surface area contributed by atoms with Crippen LogP contribution in [-0.2, 0) is 11.2 Å². The molecule has 0 saturated heterocycles. The summed E-state index contributed by atoms with van der Waals surface area (Å²) in [6.07, 6.45) is 9.47. The molecule has 0 spiro atoms. The fraction of sp³-hybridized carbons (Fsp3) is 0.417. The fourth-order valence-electron chi connectivity index (χ4n) is 7.01. The third kappa shape index (κ3) is 6.36. The number of aromatic nitrogens is 2. The molecule has 1 heterocycles. The van der Waals surface area contributed by atoms with Gasteiger partial charge in [0.15, 0.2) is 0 Å². The van der Waals surface area contributed by atoms with Gasteiger partial charge in [-0.3, -0.25) is 4.79 Å². The van der Waals surface area contributed by atoms with Crippen LogP contribution in [0, 0.1) is 5.41 Å². The molecule has 8 heteroatoms. The summed E-state index contributed by atoms with van der Waals surface area (Å²) in [6, 6.07) is 14.2. The van der Waals surface area contributed by atoms with Gasteiger partial charge in [0.1, 0.15) is 5.75 Å². The molecule has 3 fully saturated rings. The Kier molecular flexibility index (Phi) is 10.1. The van der Waals surface area contributed by atoms with Crippen molar-refractivity contribution in [2.45, 2.75) is 58.9 Å². The van der Waals surface area contributed by atoms with Gasteiger partial charge in [-0.15, -0.1) is 0 Å². The van der Waals surface area contributed by atoms with Gasteiger partial charge in [-0.2, -0.15) is 0 Å². The number of benzene rings is 2. The number of rotatable bonds is 12. The topological polar surface area (TPSA) is 82.6 Å². The van der Waals surface area contributed by atoms with Gasteiger partial charge in [0, 0.05) is 37.0 Å². The maximum atomic E-state index is 12.5. The van der Waals surface area contributed by atoms with Gasteiger partial charge in [-0.05, 0) is 81.5 Å². The van der Waals surface area contributed by atoms with Gasteiger partial charge >= 0.3 is 0 Å². The highest BCUT2D eigenvalue weighted by molar-refractivity contribution is 6.02. The Bertz CT molecular complexity index is 1510. The van der Waals surface area contributed by atoms with Crippen molar-refractivity contribution >= 4 is 34.5 Å². The molecule has 2 aromatic carbocycles. The van der Waals surface area contributed by atoms with Crippen LogP contribution in [0.4, 0.5) is 23.0 Å². The van der Waals surface area contributed by atoms with Crippen LogP contribution in [0.3, 0.4) is 0 Å². The standard InChI is InChI=1S/C34H42N6O2.C2H6/c1-8-23-13-11-12-14-25(23)24(9-2)26-15-16-35-32(37-26)38-28-17-27(36-31(41)10-3)29(18-30(28)42-7)40(6)34-19-33(20-34,21-34)22-39(4)5;1-2/h9-18H,3,8,19-22H2,1-2,4-7H3,(H,36,41)(H,35,37,38);1-2H3/b24-9+;. The Morgan fingerprint density at radius 3 is 2.41 bits per heavy atom. The van der Waals surface area contributed by atoms with E-state index in [-0.39, 0.29) is 11.4 Å². The van der Waals surface area contributed by atoms with Gasteiger partial charge in [0.05, 0.1) is 29.9 Å². The lowest BCUT2D eigenvalue weighted by Crippen LogP contribution is -2.76. The molecule has 3 aliphatic rings. The van der Waals surface area contributed by atoms with Crippen LogP contribution in [0.15, 0.2) is 67.4 Å². The fourth-order valence-corrected chi connectivity index (χ4v) is 7.01. The number of nitrogens with zero attached hydrogens (tertiary/aromatic N) is 4. The van der Waals surface area contributed by atoms with Gasteiger partial charge in [0.2, 0.25) is 11.9 Å². The lowest BCUT2D eigenvalue weighted by Gasteiger charge is -2.74. The van der Waals surface area contributed by atoms with Crippen molar-refractivity contribution in [2.75, 3.05) is 50.3 Å². The number of carbonyl (C=O) groups excluding carboxylic acids is 1. The quantitative estimate of drug-likeness (QED) is 0.212. The van der Waals surface area contributed by atoms with Crippen LogP contribution >= 0.6 is 0 Å². The maximum absolute atomic E-state index is 12.5. The van der Waals surface area contributed by atoms with Gasteiger partial charge in [-0.1, -0.05) is 57.7 Å². The summed E-state index contributed by atoms with van der Waals surface area (Å²) in [5.41, 5.74) is 7.04. The molecule has 44 heavy (non-hydrogen) atoms. The van der Waals surface area contributed by atoms with E-state index in [1.54, 1.807) is 13.3 Å². The third-order valence-electron chi connectivity index (χ3n) is 8.75. The summed E-state index contributed by atoms with van der Waals surface area (Å²) in [6.45, 7) is 12.9. The van der Waals surface area contributed by atoms with E-state index in [0.717, 1.165) is 54.7 Å². The molecule has 1 amide bonds. The Morgan fingerprint density at radius 1 is 1.09 bits per heavy atom. The maximum Gasteiger partial charge on any atom is 0.247 e. The first-order chi connectivity index (χ1) is 21.2. The molecular weight excluding hydrogens is 548 g/mol. The number of hydrogen-bond acceptors (Lipinski definition) is 7. The molecule has 8 nitrogen and oxygen atoms in total. The molecule has 3 aromatic rings. The highest BCUT2D eigenvalue weighted by Gasteiger charge is 2.69. The van der Waals surface area contributed by atoms with Gasteiger partial charge in [0.25, 0.3) is 0 Å². The van der Waals surface area contributed by atoms with Crippen LogP contribution < -0.4 is 20.3 Å². The van der Waals surface area contributed by atoms with Crippen molar-refractivity contribution in [1.29, 1.82) is 0 Å². The van der Waals surface area contributed by atoms with Crippen LogP contribution in [-0.4, -0.2) is 61.1 Å². The molecule has 3 aliphatic carbocycles. The number of carbonyl (C=O) groups is 1. The molecule has 0 atom stereocenters. The van der Waals surface area contributed by atoms with Crippen molar-refractivity contribution in [3.63, 3.8) is 0 Å². The zero-order valence-corrected chi connectivity index (χ0v) is 27.6. The Hall–Kier alpha value is -4.17. The molecule has 3 saturated carbocycles. The first kappa shape index (κ1) is 32.7. The van der Waals surface area contributed by atoms with Crippen LogP contribution in [0.5, 0.6) is 5.75 Å². The second kappa shape index (κ2) is 13.6. The number of ether oxygens (including phenoxy) is 1.